The zero-order chi connectivity index (χ0) is 27.2. The minimum absolute atomic E-state index is 0.0109. The van der Waals surface area contributed by atoms with Gasteiger partial charge in [-0.3, -0.25) is 9.59 Å². The number of ether oxygens (including phenoxy) is 1. The maximum Gasteiger partial charge on any atom is 0.407 e. The van der Waals surface area contributed by atoms with Crippen LogP contribution in [0.3, 0.4) is 0 Å². The minimum Gasteiger partial charge on any atom is -0.441 e. The van der Waals surface area contributed by atoms with Crippen molar-refractivity contribution in [1.29, 1.82) is 0 Å². The number of aliphatic hydroxyl groups is 1. The summed E-state index contributed by atoms with van der Waals surface area (Å²) in [6.45, 7) is 0.378. The van der Waals surface area contributed by atoms with Gasteiger partial charge in [0, 0.05) is 37.3 Å². The maximum atomic E-state index is 13.9. The Morgan fingerprint density at radius 1 is 1.08 bits per heavy atom. The van der Waals surface area contributed by atoms with Crippen LogP contribution in [0.15, 0.2) is 75.1 Å². The number of rotatable bonds is 5. The van der Waals surface area contributed by atoms with E-state index in [0.29, 0.717) is 0 Å². The highest BCUT2D eigenvalue weighted by Gasteiger charge is 2.59. The summed E-state index contributed by atoms with van der Waals surface area (Å²) in [5, 5.41) is 14.2. The summed E-state index contributed by atoms with van der Waals surface area (Å²) in [6.07, 6.45) is -2.41. The molecule has 200 valence electrons. The Labute approximate surface area is 216 Å². The lowest BCUT2D eigenvalue weighted by Crippen LogP contribution is -2.62. The van der Waals surface area contributed by atoms with Gasteiger partial charge < -0.3 is 15.2 Å². The van der Waals surface area contributed by atoms with Gasteiger partial charge in [0.2, 0.25) is 10.0 Å². The number of aromatic nitrogens is 2. The number of aryl methyl sites for hydroxylation is 1. The number of carbonyl (C=O) groups excluding carboxylic acids is 1. The van der Waals surface area contributed by atoms with Gasteiger partial charge in [-0.25, -0.2) is 27.0 Å². The van der Waals surface area contributed by atoms with Crippen molar-refractivity contribution in [3.63, 3.8) is 0 Å². The van der Waals surface area contributed by atoms with E-state index < -0.39 is 63.9 Å². The molecule has 5 rings (SSSR count). The standard InChI is InChI=1S/C25H25FN4O7S/c1-16-6-8-18(9-7-16)38(35,36)28-13-20-25(34,15-28)21(14-29-22(31)10-11-23(32)30(20)29)37-24(33)27-12-17-4-2-3-5-19(17)26/h2-11,20-21,34H,12-15H2,1H3,(H,27,33)/t20-,21+,25-/m1/s1. The van der Waals surface area contributed by atoms with Crippen LogP contribution < -0.4 is 16.4 Å². The molecule has 2 aromatic carbocycles. The number of hydrogen-bond donors (Lipinski definition) is 2. The number of carbonyl (C=O) groups is 1. The Bertz CT molecular complexity index is 1620. The van der Waals surface area contributed by atoms with Gasteiger partial charge in [0.1, 0.15) is 17.5 Å². The highest BCUT2D eigenvalue weighted by Crippen LogP contribution is 2.40. The van der Waals surface area contributed by atoms with Crippen molar-refractivity contribution in [2.24, 2.45) is 0 Å². The molecule has 0 spiro atoms. The van der Waals surface area contributed by atoms with Crippen LogP contribution >= 0.6 is 0 Å². The molecular weight excluding hydrogens is 519 g/mol. The van der Waals surface area contributed by atoms with Crippen molar-refractivity contribution >= 4 is 16.1 Å². The van der Waals surface area contributed by atoms with E-state index in [0.717, 1.165) is 31.4 Å². The number of alkyl carbamates (subject to hydrolysis) is 1. The first-order valence-corrected chi connectivity index (χ1v) is 13.2. The molecule has 1 saturated heterocycles. The summed E-state index contributed by atoms with van der Waals surface area (Å²) in [4.78, 5) is 38.0. The summed E-state index contributed by atoms with van der Waals surface area (Å²) < 4.78 is 49.3. The summed E-state index contributed by atoms with van der Waals surface area (Å²) in [6, 6.07) is 12.8. The molecule has 3 heterocycles. The monoisotopic (exact) mass is 544 g/mol. The maximum absolute atomic E-state index is 13.9. The molecule has 3 atom stereocenters. The Morgan fingerprint density at radius 3 is 2.47 bits per heavy atom. The van der Waals surface area contributed by atoms with Gasteiger partial charge in [0.25, 0.3) is 11.1 Å². The van der Waals surface area contributed by atoms with Crippen molar-refractivity contribution in [2.45, 2.75) is 42.7 Å². The molecular formula is C25H25FN4O7S. The SMILES string of the molecule is Cc1ccc(S(=O)(=O)N2C[C@H]3n4c(=O)ccc(=O)n4C[C@H](OC(=O)NCc4ccccc4F)[C@@]3(O)C2)cc1. The fourth-order valence-electron chi connectivity index (χ4n) is 4.92. The van der Waals surface area contributed by atoms with Crippen molar-refractivity contribution < 1.29 is 27.4 Å². The molecule has 1 amide bonds. The molecule has 0 bridgehead atoms. The van der Waals surface area contributed by atoms with Crippen LogP contribution in [-0.2, 0) is 27.8 Å². The summed E-state index contributed by atoms with van der Waals surface area (Å²) in [7, 11) is -4.11. The van der Waals surface area contributed by atoms with E-state index in [1.54, 1.807) is 18.2 Å². The molecule has 11 nitrogen and oxygen atoms in total. The predicted molar refractivity (Wildman–Crippen MR) is 132 cm³/mol. The number of sulfonamides is 1. The van der Waals surface area contributed by atoms with E-state index in [9.17, 15) is 32.3 Å². The van der Waals surface area contributed by atoms with Gasteiger partial charge in [-0.1, -0.05) is 35.9 Å². The first-order chi connectivity index (χ1) is 18.0. The average molecular weight is 545 g/mol. The largest absolute Gasteiger partial charge is 0.441 e. The Kier molecular flexibility index (Phi) is 6.45. The van der Waals surface area contributed by atoms with E-state index >= 15 is 0 Å². The van der Waals surface area contributed by atoms with Gasteiger partial charge in [-0.05, 0) is 25.1 Å². The highest BCUT2D eigenvalue weighted by atomic mass is 32.2. The summed E-state index contributed by atoms with van der Waals surface area (Å²) in [5.74, 6) is -0.531. The fourth-order valence-corrected chi connectivity index (χ4v) is 6.41. The summed E-state index contributed by atoms with van der Waals surface area (Å²) >= 11 is 0. The van der Waals surface area contributed by atoms with Gasteiger partial charge in [-0.2, -0.15) is 4.31 Å². The molecule has 2 aliphatic heterocycles. The molecule has 2 aliphatic rings. The third-order valence-corrected chi connectivity index (χ3v) is 8.80. The van der Waals surface area contributed by atoms with Crippen LogP contribution in [0.1, 0.15) is 17.2 Å². The molecule has 0 radical (unpaired) electrons. The van der Waals surface area contributed by atoms with Crippen molar-refractivity contribution in [2.75, 3.05) is 13.1 Å². The minimum atomic E-state index is -4.11. The molecule has 1 fully saturated rings. The molecule has 0 aliphatic carbocycles. The second kappa shape index (κ2) is 9.49. The normalized spacial score (nSPS) is 22.9. The van der Waals surface area contributed by atoms with Gasteiger partial charge in [0.05, 0.1) is 11.4 Å². The highest BCUT2D eigenvalue weighted by molar-refractivity contribution is 7.89. The lowest BCUT2D eigenvalue weighted by Gasteiger charge is -2.42. The number of benzene rings is 2. The lowest BCUT2D eigenvalue weighted by atomic mass is 9.89. The Hall–Kier alpha value is -3.81. The molecule has 0 saturated carbocycles. The number of amides is 1. The number of nitrogens with one attached hydrogen (secondary N) is 1. The second-order valence-electron chi connectivity index (χ2n) is 9.39. The van der Waals surface area contributed by atoms with Crippen LogP contribution in [0, 0.1) is 12.7 Å². The molecule has 13 heteroatoms. The number of fused-ring (bicyclic) bond motifs is 3. The Morgan fingerprint density at radius 2 is 1.76 bits per heavy atom. The van der Waals surface area contributed by atoms with E-state index in [-0.39, 0.29) is 23.5 Å². The average Bonchev–Trinajstić information content (AvgIpc) is 3.25. The van der Waals surface area contributed by atoms with Gasteiger partial charge in [0.15, 0.2) is 6.10 Å². The van der Waals surface area contributed by atoms with Crippen LogP contribution in [0.5, 0.6) is 0 Å². The zero-order valence-electron chi connectivity index (χ0n) is 20.3. The molecule has 3 aromatic rings. The molecule has 2 N–H and O–H groups in total. The van der Waals surface area contributed by atoms with Gasteiger partial charge >= 0.3 is 6.09 Å². The van der Waals surface area contributed by atoms with E-state index in [1.807, 2.05) is 6.92 Å². The first kappa shape index (κ1) is 25.8. The van der Waals surface area contributed by atoms with Crippen LogP contribution in [-0.4, -0.2) is 58.1 Å². The fraction of sp³-hybridized carbons (Fsp3) is 0.320. The quantitative estimate of drug-likeness (QED) is 0.483. The van der Waals surface area contributed by atoms with Crippen molar-refractivity contribution in [3.8, 4) is 0 Å². The lowest BCUT2D eigenvalue weighted by molar-refractivity contribution is -0.124. The summed E-state index contributed by atoms with van der Waals surface area (Å²) in [5.41, 5.74) is -2.19. The molecule has 38 heavy (non-hydrogen) atoms. The number of hydrogen-bond acceptors (Lipinski definition) is 7. The topological polar surface area (TPSA) is 140 Å². The Balaban J connectivity index is 1.47. The third kappa shape index (κ3) is 4.42. The van der Waals surface area contributed by atoms with Crippen molar-refractivity contribution in [3.05, 3.63) is 98.3 Å². The second-order valence-corrected chi connectivity index (χ2v) is 11.3. The van der Waals surface area contributed by atoms with Gasteiger partial charge in [-0.15, -0.1) is 0 Å². The van der Waals surface area contributed by atoms with Crippen LogP contribution in [0.2, 0.25) is 0 Å². The third-order valence-electron chi connectivity index (χ3n) is 6.97. The van der Waals surface area contributed by atoms with Crippen LogP contribution in [0.4, 0.5) is 9.18 Å². The smallest absolute Gasteiger partial charge is 0.407 e. The van der Waals surface area contributed by atoms with E-state index in [2.05, 4.69) is 5.32 Å². The number of nitrogens with zero attached hydrogens (tertiary/aromatic N) is 3. The van der Waals surface area contributed by atoms with Crippen molar-refractivity contribution in [1.82, 2.24) is 19.0 Å². The van der Waals surface area contributed by atoms with Crippen LogP contribution in [0.25, 0.3) is 0 Å². The van der Waals surface area contributed by atoms with E-state index in [1.165, 1.54) is 30.3 Å². The first-order valence-electron chi connectivity index (χ1n) is 11.8. The number of β-amino-alcohol motifs (C(OH)–C–C–N with tert-alkyl or cyclic N) is 1. The zero-order valence-corrected chi connectivity index (χ0v) is 21.1. The van der Waals surface area contributed by atoms with E-state index in [4.69, 9.17) is 4.74 Å². The predicted octanol–water partition coefficient (Wildman–Crippen LogP) is 0.743. The number of halogens is 1. The molecule has 1 aromatic heterocycles. The molecule has 0 unspecified atom stereocenters.